The Morgan fingerprint density at radius 2 is 2.00 bits per heavy atom. The second-order valence-corrected chi connectivity index (χ2v) is 6.34. The predicted octanol–water partition coefficient (Wildman–Crippen LogP) is 2.32. The van der Waals surface area contributed by atoms with E-state index in [1.807, 2.05) is 0 Å². The van der Waals surface area contributed by atoms with Gasteiger partial charge >= 0.3 is 0 Å². The van der Waals surface area contributed by atoms with Crippen molar-refractivity contribution in [2.24, 2.45) is 0 Å². The molecule has 1 saturated carbocycles. The zero-order valence-corrected chi connectivity index (χ0v) is 13.2. The minimum atomic E-state index is 0.0867. The molecule has 4 rings (SSSR count). The summed E-state index contributed by atoms with van der Waals surface area (Å²) in [7, 11) is 0. The topological polar surface area (TPSA) is 61.3 Å². The van der Waals surface area contributed by atoms with Gasteiger partial charge in [0.25, 0.3) is 0 Å². The summed E-state index contributed by atoms with van der Waals surface area (Å²) in [6.45, 7) is 2.45. The summed E-state index contributed by atoms with van der Waals surface area (Å²) in [6.07, 6.45) is 3.50. The molecule has 1 fully saturated rings. The molecule has 1 aromatic heterocycles. The first-order valence-corrected chi connectivity index (χ1v) is 8.39. The fourth-order valence-corrected chi connectivity index (χ4v) is 3.14. The number of hydrogen-bond acceptors (Lipinski definition) is 5. The second kappa shape index (κ2) is 6.16. The number of aromatic nitrogens is 2. The third-order valence-corrected chi connectivity index (χ3v) is 4.58. The maximum absolute atomic E-state index is 9.02. The quantitative estimate of drug-likeness (QED) is 0.887. The highest BCUT2D eigenvalue weighted by molar-refractivity contribution is 5.49. The maximum atomic E-state index is 9.02. The minimum absolute atomic E-state index is 0.0867. The van der Waals surface area contributed by atoms with E-state index in [9.17, 15) is 0 Å². The molecule has 23 heavy (non-hydrogen) atoms. The van der Waals surface area contributed by atoms with Gasteiger partial charge < -0.3 is 15.3 Å². The molecule has 0 unspecified atom stereocenters. The molecule has 0 amide bonds. The lowest BCUT2D eigenvalue weighted by Crippen LogP contribution is -2.31. The number of aliphatic hydroxyl groups excluding tert-OH is 1. The summed E-state index contributed by atoms with van der Waals surface area (Å²) >= 11 is 0. The summed E-state index contributed by atoms with van der Waals surface area (Å²) in [4.78, 5) is 11.6. The number of nitrogens with zero attached hydrogens (tertiary/aromatic N) is 3. The lowest BCUT2D eigenvalue weighted by Gasteiger charge is -2.30. The van der Waals surface area contributed by atoms with Crippen molar-refractivity contribution in [2.45, 2.75) is 31.7 Å². The van der Waals surface area contributed by atoms with E-state index < -0.39 is 0 Å². The third-order valence-electron chi connectivity index (χ3n) is 4.58. The third kappa shape index (κ3) is 3.15. The standard InChI is InChI=1S/C18H22N4O/c23-10-8-19-18-20-16(14-5-6-14)11-17(21-18)22-9-7-13-3-1-2-4-15(13)12-22/h1-4,11,14,23H,5-10,12H2,(H,19,20,21). The first-order chi connectivity index (χ1) is 11.3. The molecule has 5 nitrogen and oxygen atoms in total. The van der Waals surface area contributed by atoms with Crippen molar-refractivity contribution >= 4 is 11.8 Å². The van der Waals surface area contributed by atoms with Crippen molar-refractivity contribution in [1.82, 2.24) is 9.97 Å². The molecule has 0 saturated heterocycles. The molecule has 2 N–H and O–H groups in total. The average molecular weight is 310 g/mol. The summed E-state index contributed by atoms with van der Waals surface area (Å²) in [5.74, 6) is 2.22. The van der Waals surface area contributed by atoms with Gasteiger partial charge in [-0.05, 0) is 30.4 Å². The van der Waals surface area contributed by atoms with Crippen LogP contribution >= 0.6 is 0 Å². The molecule has 5 heteroatoms. The Morgan fingerprint density at radius 3 is 2.78 bits per heavy atom. The van der Waals surface area contributed by atoms with Crippen LogP contribution in [0.5, 0.6) is 0 Å². The number of hydrogen-bond donors (Lipinski definition) is 2. The molecule has 1 aliphatic heterocycles. The van der Waals surface area contributed by atoms with Crippen LogP contribution in [0.15, 0.2) is 30.3 Å². The van der Waals surface area contributed by atoms with Gasteiger partial charge in [0.1, 0.15) is 5.82 Å². The van der Waals surface area contributed by atoms with E-state index >= 15 is 0 Å². The number of fused-ring (bicyclic) bond motifs is 1. The highest BCUT2D eigenvalue weighted by atomic mass is 16.3. The van der Waals surface area contributed by atoms with Crippen LogP contribution in [-0.2, 0) is 13.0 Å². The summed E-state index contributed by atoms with van der Waals surface area (Å²) in [5, 5.41) is 12.1. The lowest BCUT2D eigenvalue weighted by molar-refractivity contribution is 0.311. The van der Waals surface area contributed by atoms with E-state index in [-0.39, 0.29) is 6.61 Å². The highest BCUT2D eigenvalue weighted by Gasteiger charge is 2.27. The van der Waals surface area contributed by atoms with E-state index in [1.165, 1.54) is 24.0 Å². The Labute approximate surface area is 136 Å². The first-order valence-electron chi connectivity index (χ1n) is 8.39. The van der Waals surface area contributed by atoms with Gasteiger partial charge in [0, 0.05) is 31.6 Å². The number of aliphatic hydroxyl groups is 1. The molecule has 1 aliphatic carbocycles. The summed E-state index contributed by atoms with van der Waals surface area (Å²) in [5.41, 5.74) is 3.96. The van der Waals surface area contributed by atoms with Crippen LogP contribution in [0.25, 0.3) is 0 Å². The molecule has 2 heterocycles. The Balaban J connectivity index is 1.61. The average Bonchev–Trinajstić information content (AvgIpc) is 3.44. The van der Waals surface area contributed by atoms with Crippen molar-refractivity contribution in [3.05, 3.63) is 47.2 Å². The molecular weight excluding hydrogens is 288 g/mol. The number of anilines is 2. The van der Waals surface area contributed by atoms with Crippen LogP contribution < -0.4 is 10.2 Å². The van der Waals surface area contributed by atoms with E-state index in [2.05, 4.69) is 50.5 Å². The Hall–Kier alpha value is -2.14. The fraction of sp³-hybridized carbons (Fsp3) is 0.444. The number of benzene rings is 1. The zero-order valence-electron chi connectivity index (χ0n) is 13.2. The summed E-state index contributed by atoms with van der Waals surface area (Å²) < 4.78 is 0. The Kier molecular flexibility index (Phi) is 3.87. The predicted molar refractivity (Wildman–Crippen MR) is 90.8 cm³/mol. The molecule has 0 spiro atoms. The van der Waals surface area contributed by atoms with Crippen molar-refractivity contribution in [3.63, 3.8) is 0 Å². The molecule has 0 atom stereocenters. The lowest BCUT2D eigenvalue weighted by atomic mass is 10.00. The van der Waals surface area contributed by atoms with Crippen molar-refractivity contribution in [3.8, 4) is 0 Å². The Bertz CT molecular complexity index is 699. The summed E-state index contributed by atoms with van der Waals surface area (Å²) in [6, 6.07) is 10.8. The molecule has 0 bridgehead atoms. The van der Waals surface area contributed by atoms with Crippen LogP contribution in [0.3, 0.4) is 0 Å². The number of nitrogens with one attached hydrogen (secondary N) is 1. The number of rotatable bonds is 5. The van der Waals surface area contributed by atoms with E-state index in [1.54, 1.807) is 0 Å². The van der Waals surface area contributed by atoms with Crippen LogP contribution in [0, 0.1) is 0 Å². The van der Waals surface area contributed by atoms with E-state index in [0.717, 1.165) is 31.0 Å². The van der Waals surface area contributed by atoms with Gasteiger partial charge in [-0.2, -0.15) is 4.98 Å². The van der Waals surface area contributed by atoms with Crippen molar-refractivity contribution in [1.29, 1.82) is 0 Å². The van der Waals surface area contributed by atoms with E-state index in [4.69, 9.17) is 5.11 Å². The van der Waals surface area contributed by atoms with Crippen molar-refractivity contribution < 1.29 is 5.11 Å². The molecule has 2 aliphatic rings. The zero-order chi connectivity index (χ0) is 15.6. The normalized spacial score (nSPS) is 17.0. The van der Waals surface area contributed by atoms with Gasteiger partial charge in [-0.15, -0.1) is 0 Å². The maximum Gasteiger partial charge on any atom is 0.224 e. The minimum Gasteiger partial charge on any atom is -0.395 e. The SMILES string of the molecule is OCCNc1nc(C2CC2)cc(N2CCc3ccccc3C2)n1. The van der Waals surface area contributed by atoms with Gasteiger partial charge in [-0.25, -0.2) is 4.98 Å². The van der Waals surface area contributed by atoms with Gasteiger partial charge in [0.05, 0.1) is 12.3 Å². The van der Waals surface area contributed by atoms with Crippen LogP contribution in [-0.4, -0.2) is 34.8 Å². The largest absolute Gasteiger partial charge is 0.395 e. The smallest absolute Gasteiger partial charge is 0.224 e. The van der Waals surface area contributed by atoms with Crippen LogP contribution in [0.1, 0.15) is 35.6 Å². The van der Waals surface area contributed by atoms with Crippen molar-refractivity contribution in [2.75, 3.05) is 29.9 Å². The first kappa shape index (κ1) is 14.5. The Morgan fingerprint density at radius 1 is 1.17 bits per heavy atom. The highest BCUT2D eigenvalue weighted by Crippen LogP contribution is 2.40. The molecular formula is C18H22N4O. The van der Waals surface area contributed by atoms with E-state index in [0.29, 0.717) is 18.4 Å². The van der Waals surface area contributed by atoms with Gasteiger partial charge in [0.2, 0.25) is 5.95 Å². The molecule has 120 valence electrons. The fourth-order valence-electron chi connectivity index (χ4n) is 3.14. The monoisotopic (exact) mass is 310 g/mol. The molecule has 2 aromatic rings. The van der Waals surface area contributed by atoms with Crippen LogP contribution in [0.4, 0.5) is 11.8 Å². The second-order valence-electron chi connectivity index (χ2n) is 6.34. The van der Waals surface area contributed by atoms with Gasteiger partial charge in [0.15, 0.2) is 0 Å². The molecule has 1 aromatic carbocycles. The van der Waals surface area contributed by atoms with Gasteiger partial charge in [-0.1, -0.05) is 24.3 Å². The van der Waals surface area contributed by atoms with Crippen LogP contribution in [0.2, 0.25) is 0 Å². The molecule has 0 radical (unpaired) electrons. The van der Waals surface area contributed by atoms with Gasteiger partial charge in [-0.3, -0.25) is 0 Å².